The van der Waals surface area contributed by atoms with Gasteiger partial charge in [0.05, 0.1) is 5.56 Å². The highest BCUT2D eigenvalue weighted by atomic mass is 16.6. The molecule has 0 aromatic heterocycles. The number of hydrogen-bond acceptors (Lipinski definition) is 7. The van der Waals surface area contributed by atoms with Gasteiger partial charge in [0.25, 0.3) is 0 Å². The third kappa shape index (κ3) is 7.86. The summed E-state index contributed by atoms with van der Waals surface area (Å²) in [6.45, 7) is 0.858. The molecule has 0 amide bonds. The van der Waals surface area contributed by atoms with Crippen molar-refractivity contribution < 1.29 is 33.3 Å². The van der Waals surface area contributed by atoms with E-state index < -0.39 is 11.9 Å². The first kappa shape index (κ1) is 25.3. The first-order valence-corrected chi connectivity index (χ1v) is 11.8. The second-order valence-electron chi connectivity index (χ2n) is 7.72. The molecule has 7 nitrogen and oxygen atoms in total. The van der Waals surface area contributed by atoms with E-state index in [0.29, 0.717) is 18.1 Å². The molecule has 4 aromatic carbocycles. The maximum atomic E-state index is 12.8. The quantitative estimate of drug-likeness (QED) is 0.143. The Balaban J connectivity index is 1.28. The number of rotatable bonds is 12. The Morgan fingerprint density at radius 2 is 1.08 bits per heavy atom. The molecule has 0 bridgehead atoms. The monoisotopic (exact) mass is 498 g/mol. The van der Waals surface area contributed by atoms with Crippen molar-refractivity contribution in [2.24, 2.45) is 0 Å². The largest absolute Gasteiger partial charge is 0.490 e. The van der Waals surface area contributed by atoms with Crippen LogP contribution in [0.2, 0.25) is 0 Å². The molecular formula is C30H26O7. The Kier molecular flexibility index (Phi) is 9.13. The topological polar surface area (TPSA) is 80.3 Å². The van der Waals surface area contributed by atoms with Gasteiger partial charge in [-0.05, 0) is 54.6 Å². The molecule has 0 unspecified atom stereocenters. The lowest BCUT2D eigenvalue weighted by atomic mass is 10.2. The van der Waals surface area contributed by atoms with Crippen LogP contribution in [0.15, 0.2) is 109 Å². The van der Waals surface area contributed by atoms with Crippen molar-refractivity contribution in [2.45, 2.75) is 0 Å². The van der Waals surface area contributed by atoms with Gasteiger partial charge in [-0.25, -0.2) is 9.59 Å². The Morgan fingerprint density at radius 3 is 1.78 bits per heavy atom. The van der Waals surface area contributed by atoms with Gasteiger partial charge >= 0.3 is 11.9 Å². The van der Waals surface area contributed by atoms with Crippen LogP contribution in [0.25, 0.3) is 0 Å². The Hall–Kier alpha value is -4.78. The van der Waals surface area contributed by atoms with Crippen molar-refractivity contribution in [2.75, 3.05) is 26.4 Å². The third-order valence-corrected chi connectivity index (χ3v) is 5.07. The fraction of sp³-hybridized carbons (Fsp3) is 0.133. The van der Waals surface area contributed by atoms with E-state index >= 15 is 0 Å². The van der Waals surface area contributed by atoms with Crippen molar-refractivity contribution in [1.82, 2.24) is 0 Å². The first-order valence-electron chi connectivity index (χ1n) is 11.8. The SMILES string of the molecule is O=C(OCCOc1ccccc1)c1cccc(OC(=O)c2ccccc2OCCOc2ccccc2)c1. The summed E-state index contributed by atoms with van der Waals surface area (Å²) in [4.78, 5) is 25.3. The zero-order valence-electron chi connectivity index (χ0n) is 20.1. The molecule has 0 fully saturated rings. The molecule has 0 N–H and O–H groups in total. The number of ether oxygens (including phenoxy) is 5. The van der Waals surface area contributed by atoms with Crippen LogP contribution in [-0.2, 0) is 4.74 Å². The van der Waals surface area contributed by atoms with Gasteiger partial charge < -0.3 is 23.7 Å². The predicted molar refractivity (Wildman–Crippen MR) is 137 cm³/mol. The summed E-state index contributed by atoms with van der Waals surface area (Å²) in [5.41, 5.74) is 0.515. The Labute approximate surface area is 215 Å². The lowest BCUT2D eigenvalue weighted by Gasteiger charge is -2.12. The van der Waals surface area contributed by atoms with E-state index in [4.69, 9.17) is 23.7 Å². The van der Waals surface area contributed by atoms with Gasteiger partial charge in [-0.2, -0.15) is 0 Å². The smallest absolute Gasteiger partial charge is 0.347 e. The standard InChI is InChI=1S/C30H26O7/c31-29(36-21-19-34-25-13-5-2-6-14-25)23-10-9-15-26(22-23)37-30(32)27-16-7-8-17-28(27)35-20-18-33-24-11-3-1-4-12-24/h1-17,22H,18-21H2. The van der Waals surface area contributed by atoms with Gasteiger partial charge in [0.2, 0.25) is 0 Å². The van der Waals surface area contributed by atoms with Crippen LogP contribution in [0.1, 0.15) is 20.7 Å². The molecule has 0 atom stereocenters. The second-order valence-corrected chi connectivity index (χ2v) is 7.72. The van der Waals surface area contributed by atoms with E-state index in [-0.39, 0.29) is 36.7 Å². The molecule has 0 saturated carbocycles. The van der Waals surface area contributed by atoms with Crippen LogP contribution in [0.3, 0.4) is 0 Å². The van der Waals surface area contributed by atoms with Gasteiger partial charge in [0, 0.05) is 0 Å². The highest BCUT2D eigenvalue weighted by Crippen LogP contribution is 2.22. The van der Waals surface area contributed by atoms with Gasteiger partial charge in [0.15, 0.2) is 0 Å². The van der Waals surface area contributed by atoms with E-state index in [2.05, 4.69) is 0 Å². The lowest BCUT2D eigenvalue weighted by Crippen LogP contribution is -2.15. The minimum Gasteiger partial charge on any atom is -0.490 e. The van der Waals surface area contributed by atoms with Crippen molar-refractivity contribution in [3.63, 3.8) is 0 Å². The lowest BCUT2D eigenvalue weighted by molar-refractivity contribution is 0.0449. The molecule has 4 rings (SSSR count). The molecular weight excluding hydrogens is 472 g/mol. The number of hydrogen-bond donors (Lipinski definition) is 0. The van der Waals surface area contributed by atoms with E-state index in [1.54, 1.807) is 42.5 Å². The molecule has 7 heteroatoms. The summed E-state index contributed by atoms with van der Waals surface area (Å²) in [6.07, 6.45) is 0. The fourth-order valence-corrected chi connectivity index (χ4v) is 3.33. The van der Waals surface area contributed by atoms with Crippen LogP contribution < -0.4 is 18.9 Å². The predicted octanol–water partition coefficient (Wildman–Crippen LogP) is 5.60. The minimum absolute atomic E-state index is 0.0798. The molecule has 188 valence electrons. The van der Waals surface area contributed by atoms with Gasteiger partial charge in [-0.1, -0.05) is 54.6 Å². The summed E-state index contributed by atoms with van der Waals surface area (Å²) in [5, 5.41) is 0. The molecule has 0 spiro atoms. The maximum Gasteiger partial charge on any atom is 0.347 e. The van der Waals surface area contributed by atoms with Crippen molar-refractivity contribution in [3.8, 4) is 23.0 Å². The first-order chi connectivity index (χ1) is 18.2. The molecule has 37 heavy (non-hydrogen) atoms. The van der Waals surface area contributed by atoms with Crippen LogP contribution in [0.4, 0.5) is 0 Å². The van der Waals surface area contributed by atoms with Crippen molar-refractivity contribution >= 4 is 11.9 Å². The minimum atomic E-state index is -0.610. The van der Waals surface area contributed by atoms with Gasteiger partial charge in [-0.15, -0.1) is 0 Å². The van der Waals surface area contributed by atoms with Crippen LogP contribution in [-0.4, -0.2) is 38.4 Å². The van der Waals surface area contributed by atoms with Crippen LogP contribution >= 0.6 is 0 Å². The van der Waals surface area contributed by atoms with E-state index in [1.807, 2.05) is 60.7 Å². The number of benzene rings is 4. The second kappa shape index (κ2) is 13.3. The average Bonchev–Trinajstić information content (AvgIpc) is 2.95. The molecule has 0 aliphatic carbocycles. The zero-order valence-corrected chi connectivity index (χ0v) is 20.1. The summed E-state index contributed by atoms with van der Waals surface area (Å²) in [7, 11) is 0. The summed E-state index contributed by atoms with van der Waals surface area (Å²) < 4.78 is 27.7. The molecule has 0 heterocycles. The van der Waals surface area contributed by atoms with E-state index in [9.17, 15) is 9.59 Å². The molecule has 0 radical (unpaired) electrons. The molecule has 0 aliphatic heterocycles. The van der Waals surface area contributed by atoms with Crippen LogP contribution in [0.5, 0.6) is 23.0 Å². The summed E-state index contributed by atoms with van der Waals surface area (Å²) >= 11 is 0. The number of esters is 2. The van der Waals surface area contributed by atoms with Gasteiger partial charge in [-0.3, -0.25) is 0 Å². The Morgan fingerprint density at radius 1 is 0.514 bits per heavy atom. The van der Waals surface area contributed by atoms with Crippen molar-refractivity contribution in [1.29, 1.82) is 0 Å². The number of carbonyl (C=O) groups excluding carboxylic acids is 2. The molecule has 0 saturated heterocycles. The average molecular weight is 499 g/mol. The number of carbonyl (C=O) groups is 2. The fourth-order valence-electron chi connectivity index (χ4n) is 3.33. The van der Waals surface area contributed by atoms with E-state index in [1.165, 1.54) is 6.07 Å². The maximum absolute atomic E-state index is 12.8. The highest BCUT2D eigenvalue weighted by Gasteiger charge is 2.16. The molecule has 4 aromatic rings. The normalized spacial score (nSPS) is 10.3. The highest BCUT2D eigenvalue weighted by molar-refractivity contribution is 5.94. The summed E-state index contributed by atoms with van der Waals surface area (Å²) in [6, 6.07) is 31.7. The molecule has 0 aliphatic rings. The third-order valence-electron chi connectivity index (χ3n) is 5.07. The summed E-state index contributed by atoms with van der Waals surface area (Å²) in [5.74, 6) is 0.861. The van der Waals surface area contributed by atoms with Crippen molar-refractivity contribution in [3.05, 3.63) is 120 Å². The van der Waals surface area contributed by atoms with Crippen LogP contribution in [0, 0.1) is 0 Å². The zero-order chi connectivity index (χ0) is 25.7. The van der Waals surface area contributed by atoms with E-state index in [0.717, 1.165) is 5.75 Å². The number of para-hydroxylation sites is 3. The Bertz CT molecular complexity index is 1290. The van der Waals surface area contributed by atoms with Gasteiger partial charge in [0.1, 0.15) is 55.0 Å².